The van der Waals surface area contributed by atoms with Crippen LogP contribution in [0.15, 0.2) is 42.5 Å². The van der Waals surface area contributed by atoms with E-state index < -0.39 is 0 Å². The van der Waals surface area contributed by atoms with Crippen molar-refractivity contribution in [1.82, 2.24) is 4.90 Å². The first-order valence-electron chi connectivity index (χ1n) is 7.88. The van der Waals surface area contributed by atoms with Gasteiger partial charge in [-0.2, -0.15) is 0 Å². The Morgan fingerprint density at radius 2 is 1.96 bits per heavy atom. The van der Waals surface area contributed by atoms with Gasteiger partial charge in [0, 0.05) is 18.5 Å². The zero-order valence-corrected chi connectivity index (χ0v) is 14.3. The monoisotopic (exact) mass is 331 g/mol. The van der Waals surface area contributed by atoms with Gasteiger partial charge in [0.1, 0.15) is 18.1 Å². The first kappa shape index (κ1) is 16.2. The van der Waals surface area contributed by atoms with Crippen LogP contribution < -0.4 is 9.47 Å². The minimum absolute atomic E-state index is 0.0157. The molecule has 0 aliphatic carbocycles. The molecule has 0 bridgehead atoms. The number of fused-ring (bicyclic) bond motifs is 1. The number of alkyl halides is 1. The lowest BCUT2D eigenvalue weighted by Crippen LogP contribution is -2.28. The van der Waals surface area contributed by atoms with Crippen molar-refractivity contribution in [2.75, 3.05) is 20.7 Å². The largest absolute Gasteiger partial charge is 0.497 e. The van der Waals surface area contributed by atoms with Gasteiger partial charge in [-0.1, -0.05) is 24.3 Å². The third-order valence-electron chi connectivity index (χ3n) is 4.37. The number of hydrogen-bond donors (Lipinski definition) is 0. The molecule has 0 N–H and O–H groups in total. The van der Waals surface area contributed by atoms with E-state index in [0.29, 0.717) is 6.61 Å². The molecule has 1 unspecified atom stereocenters. The summed E-state index contributed by atoms with van der Waals surface area (Å²) in [5.41, 5.74) is 3.72. The van der Waals surface area contributed by atoms with Crippen molar-refractivity contribution in [2.24, 2.45) is 0 Å². The van der Waals surface area contributed by atoms with Crippen molar-refractivity contribution in [1.29, 1.82) is 0 Å². The number of nitrogens with zero attached hydrogens (tertiary/aromatic N) is 1. The molecule has 2 aromatic carbocycles. The Bertz CT molecular complexity index is 657. The Kier molecular flexibility index (Phi) is 5.09. The molecule has 23 heavy (non-hydrogen) atoms. The number of ether oxygens (including phenoxy) is 2. The molecule has 122 valence electrons. The third kappa shape index (κ3) is 3.80. The van der Waals surface area contributed by atoms with E-state index in [0.717, 1.165) is 36.4 Å². The van der Waals surface area contributed by atoms with E-state index in [4.69, 9.17) is 21.1 Å². The SMILES string of the molecule is COc1ccc(COc2cccc3c2CC(Cl)N(C)CC3)cc1. The lowest BCUT2D eigenvalue weighted by Gasteiger charge is -2.19. The maximum absolute atomic E-state index is 6.48. The number of methoxy groups -OCH3 is 1. The molecule has 4 heteroatoms. The van der Waals surface area contributed by atoms with Gasteiger partial charge < -0.3 is 9.47 Å². The van der Waals surface area contributed by atoms with Crippen LogP contribution >= 0.6 is 11.6 Å². The quantitative estimate of drug-likeness (QED) is 0.627. The maximum Gasteiger partial charge on any atom is 0.123 e. The Morgan fingerprint density at radius 3 is 2.70 bits per heavy atom. The molecule has 1 atom stereocenters. The summed E-state index contributed by atoms with van der Waals surface area (Å²) < 4.78 is 11.3. The summed E-state index contributed by atoms with van der Waals surface area (Å²) >= 11 is 6.48. The molecule has 0 amide bonds. The van der Waals surface area contributed by atoms with Gasteiger partial charge in [0.2, 0.25) is 0 Å². The van der Waals surface area contributed by atoms with Crippen molar-refractivity contribution in [2.45, 2.75) is 24.9 Å². The fourth-order valence-electron chi connectivity index (χ4n) is 2.86. The van der Waals surface area contributed by atoms with Crippen LogP contribution in [-0.4, -0.2) is 31.1 Å². The second-order valence-corrected chi connectivity index (χ2v) is 6.40. The van der Waals surface area contributed by atoms with Gasteiger partial charge in [-0.05, 0) is 42.8 Å². The van der Waals surface area contributed by atoms with Gasteiger partial charge >= 0.3 is 0 Å². The topological polar surface area (TPSA) is 21.7 Å². The molecule has 1 aliphatic rings. The van der Waals surface area contributed by atoms with Crippen LogP contribution in [0, 0.1) is 0 Å². The van der Waals surface area contributed by atoms with Gasteiger partial charge in [-0.25, -0.2) is 0 Å². The van der Waals surface area contributed by atoms with Gasteiger partial charge in [0.25, 0.3) is 0 Å². The molecular weight excluding hydrogens is 310 g/mol. The summed E-state index contributed by atoms with van der Waals surface area (Å²) in [5.74, 6) is 1.80. The maximum atomic E-state index is 6.48. The second kappa shape index (κ2) is 7.24. The average Bonchev–Trinajstić information content (AvgIpc) is 2.73. The number of benzene rings is 2. The molecule has 2 aromatic rings. The molecule has 0 saturated carbocycles. The van der Waals surface area contributed by atoms with Crippen molar-refractivity contribution in [3.05, 3.63) is 59.2 Å². The van der Waals surface area contributed by atoms with Gasteiger partial charge in [0.05, 0.1) is 12.6 Å². The van der Waals surface area contributed by atoms with Crippen LogP contribution in [0.1, 0.15) is 16.7 Å². The second-order valence-electron chi connectivity index (χ2n) is 5.90. The summed E-state index contributed by atoms with van der Waals surface area (Å²) in [5, 5.41) is 0. The first-order valence-corrected chi connectivity index (χ1v) is 8.32. The first-order chi connectivity index (χ1) is 11.2. The number of hydrogen-bond acceptors (Lipinski definition) is 3. The van der Waals surface area contributed by atoms with E-state index in [1.165, 1.54) is 11.1 Å². The normalized spacial score (nSPS) is 18.1. The zero-order chi connectivity index (χ0) is 16.2. The molecular formula is C19H22ClNO2. The minimum atomic E-state index is 0.0157. The van der Waals surface area contributed by atoms with Crippen molar-refractivity contribution >= 4 is 11.6 Å². The lowest BCUT2D eigenvalue weighted by atomic mass is 10.0. The standard InChI is InChI=1S/C19H22ClNO2/c1-21-11-10-15-4-3-5-18(17(15)12-19(21)20)23-13-14-6-8-16(22-2)9-7-14/h3-9,19H,10-13H2,1-2H3. The Labute approximate surface area is 142 Å². The molecule has 3 rings (SSSR count). The van der Waals surface area contributed by atoms with E-state index in [1.54, 1.807) is 7.11 Å². The highest BCUT2D eigenvalue weighted by Crippen LogP contribution is 2.29. The predicted octanol–water partition coefficient (Wildman–Crippen LogP) is 3.87. The van der Waals surface area contributed by atoms with Crippen LogP contribution in [-0.2, 0) is 19.4 Å². The van der Waals surface area contributed by atoms with Gasteiger partial charge in [-0.3, -0.25) is 4.90 Å². The van der Waals surface area contributed by atoms with Crippen LogP contribution in [0.25, 0.3) is 0 Å². The van der Waals surface area contributed by atoms with Crippen LogP contribution in [0.3, 0.4) is 0 Å². The molecule has 0 fully saturated rings. The molecule has 0 aromatic heterocycles. The number of rotatable bonds is 4. The predicted molar refractivity (Wildman–Crippen MR) is 93.4 cm³/mol. The van der Waals surface area contributed by atoms with Crippen LogP contribution in [0.5, 0.6) is 11.5 Å². The lowest BCUT2D eigenvalue weighted by molar-refractivity contribution is 0.297. The van der Waals surface area contributed by atoms with E-state index in [-0.39, 0.29) is 5.50 Å². The fraction of sp³-hybridized carbons (Fsp3) is 0.368. The molecule has 0 saturated heterocycles. The summed E-state index contributed by atoms with van der Waals surface area (Å²) in [7, 11) is 3.74. The molecule has 3 nitrogen and oxygen atoms in total. The van der Waals surface area contributed by atoms with E-state index in [1.807, 2.05) is 30.3 Å². The van der Waals surface area contributed by atoms with E-state index in [9.17, 15) is 0 Å². The van der Waals surface area contributed by atoms with E-state index >= 15 is 0 Å². The number of likely N-dealkylation sites (N-methyl/N-ethyl adjacent to an activating group) is 1. The highest BCUT2D eigenvalue weighted by molar-refractivity contribution is 6.20. The summed E-state index contributed by atoms with van der Waals surface area (Å²) in [6.07, 6.45) is 1.82. The summed E-state index contributed by atoms with van der Waals surface area (Å²) in [4.78, 5) is 2.19. The average molecular weight is 332 g/mol. The van der Waals surface area contributed by atoms with Crippen molar-refractivity contribution in [3.8, 4) is 11.5 Å². The Hall–Kier alpha value is -1.71. The molecule has 0 radical (unpaired) electrons. The number of halogens is 1. The smallest absolute Gasteiger partial charge is 0.123 e. The van der Waals surface area contributed by atoms with Crippen molar-refractivity contribution < 1.29 is 9.47 Å². The highest BCUT2D eigenvalue weighted by Gasteiger charge is 2.21. The zero-order valence-electron chi connectivity index (χ0n) is 13.6. The van der Waals surface area contributed by atoms with Gasteiger partial charge in [-0.15, -0.1) is 11.6 Å². The molecule has 1 aliphatic heterocycles. The minimum Gasteiger partial charge on any atom is -0.497 e. The molecule has 1 heterocycles. The highest BCUT2D eigenvalue weighted by atomic mass is 35.5. The Balaban J connectivity index is 1.75. The van der Waals surface area contributed by atoms with Crippen LogP contribution in [0.4, 0.5) is 0 Å². The van der Waals surface area contributed by atoms with Crippen LogP contribution in [0.2, 0.25) is 0 Å². The van der Waals surface area contributed by atoms with Crippen molar-refractivity contribution in [3.63, 3.8) is 0 Å². The summed E-state index contributed by atoms with van der Waals surface area (Å²) in [6.45, 7) is 1.52. The Morgan fingerprint density at radius 1 is 1.17 bits per heavy atom. The fourth-order valence-corrected chi connectivity index (χ4v) is 3.11. The van der Waals surface area contributed by atoms with E-state index in [2.05, 4.69) is 24.1 Å². The third-order valence-corrected chi connectivity index (χ3v) is 4.86. The van der Waals surface area contributed by atoms with Gasteiger partial charge in [0.15, 0.2) is 0 Å². The molecule has 0 spiro atoms. The summed E-state index contributed by atoms with van der Waals surface area (Å²) in [6, 6.07) is 14.2.